The van der Waals surface area contributed by atoms with Crippen LogP contribution < -0.4 is 10.1 Å². The summed E-state index contributed by atoms with van der Waals surface area (Å²) < 4.78 is 5.15. The normalized spacial score (nSPS) is 10.5. The molecule has 0 bridgehead atoms. The van der Waals surface area contributed by atoms with E-state index in [0.717, 1.165) is 16.9 Å². The third-order valence-corrected chi connectivity index (χ3v) is 4.99. The first-order chi connectivity index (χ1) is 12.5. The standard InChI is InChI=1S/C19H17ClN2O3S/c1-25-15-8-2-12(3-9-15)11-21-19-22-18(16(26-19)10-17(23)24)13-4-6-14(20)7-5-13/h2-9H,10-11H2,1H3,(H,21,22)(H,23,24). The number of aromatic nitrogens is 1. The van der Waals surface area contributed by atoms with Crippen LogP contribution in [0, 0.1) is 0 Å². The highest BCUT2D eigenvalue weighted by Gasteiger charge is 2.16. The van der Waals surface area contributed by atoms with Gasteiger partial charge in [0.2, 0.25) is 0 Å². The van der Waals surface area contributed by atoms with Crippen LogP contribution in [-0.4, -0.2) is 23.2 Å². The van der Waals surface area contributed by atoms with Gasteiger partial charge in [-0.15, -0.1) is 11.3 Å². The Bertz CT molecular complexity index is 892. The number of methoxy groups -OCH3 is 1. The summed E-state index contributed by atoms with van der Waals surface area (Å²) in [6, 6.07) is 15.0. The van der Waals surface area contributed by atoms with E-state index in [-0.39, 0.29) is 6.42 Å². The number of thiazole rings is 1. The third-order valence-electron chi connectivity index (χ3n) is 3.73. The second kappa shape index (κ2) is 8.21. The van der Waals surface area contributed by atoms with Crippen molar-refractivity contribution in [1.82, 2.24) is 4.98 Å². The van der Waals surface area contributed by atoms with Gasteiger partial charge in [-0.1, -0.05) is 35.9 Å². The molecule has 0 amide bonds. The molecule has 0 unspecified atom stereocenters. The highest BCUT2D eigenvalue weighted by atomic mass is 35.5. The number of nitrogens with one attached hydrogen (secondary N) is 1. The molecule has 2 N–H and O–H groups in total. The molecule has 0 saturated heterocycles. The Morgan fingerprint density at radius 3 is 2.50 bits per heavy atom. The van der Waals surface area contributed by atoms with E-state index in [1.54, 1.807) is 19.2 Å². The third kappa shape index (κ3) is 4.53. The molecule has 1 heterocycles. The number of ether oxygens (including phenoxy) is 1. The number of rotatable bonds is 7. The van der Waals surface area contributed by atoms with Crippen LogP contribution >= 0.6 is 22.9 Å². The van der Waals surface area contributed by atoms with Crippen LogP contribution in [0.5, 0.6) is 5.75 Å². The fourth-order valence-electron chi connectivity index (χ4n) is 2.44. The Balaban J connectivity index is 1.80. The summed E-state index contributed by atoms with van der Waals surface area (Å²) in [5, 5.41) is 13.7. The number of carboxylic acid groups (broad SMARTS) is 1. The second-order valence-corrected chi connectivity index (χ2v) is 7.09. The molecule has 2 aromatic carbocycles. The highest BCUT2D eigenvalue weighted by molar-refractivity contribution is 7.16. The van der Waals surface area contributed by atoms with Gasteiger partial charge in [-0.3, -0.25) is 4.79 Å². The maximum atomic E-state index is 11.2. The number of carboxylic acids is 1. The molecule has 3 aromatic rings. The van der Waals surface area contributed by atoms with Gasteiger partial charge in [-0.2, -0.15) is 0 Å². The van der Waals surface area contributed by atoms with Crippen molar-refractivity contribution < 1.29 is 14.6 Å². The molecular weight excluding hydrogens is 372 g/mol. The van der Waals surface area contributed by atoms with Gasteiger partial charge in [0.25, 0.3) is 0 Å². The Morgan fingerprint density at radius 2 is 1.88 bits per heavy atom. The number of hydrogen-bond acceptors (Lipinski definition) is 5. The average Bonchev–Trinajstić information content (AvgIpc) is 3.03. The topological polar surface area (TPSA) is 71.5 Å². The summed E-state index contributed by atoms with van der Waals surface area (Å²) >= 11 is 7.29. The molecular formula is C19H17ClN2O3S. The zero-order chi connectivity index (χ0) is 18.5. The van der Waals surface area contributed by atoms with Crippen molar-refractivity contribution in [2.45, 2.75) is 13.0 Å². The lowest BCUT2D eigenvalue weighted by Gasteiger charge is -2.04. The van der Waals surface area contributed by atoms with E-state index in [0.29, 0.717) is 27.3 Å². The Kier molecular flexibility index (Phi) is 5.75. The molecule has 26 heavy (non-hydrogen) atoms. The number of halogens is 1. The summed E-state index contributed by atoms with van der Waals surface area (Å²) in [6.07, 6.45) is -0.0696. The van der Waals surface area contributed by atoms with E-state index in [9.17, 15) is 9.90 Å². The summed E-state index contributed by atoms with van der Waals surface area (Å²) in [5.41, 5.74) is 2.60. The maximum absolute atomic E-state index is 11.2. The highest BCUT2D eigenvalue weighted by Crippen LogP contribution is 2.32. The molecule has 0 spiro atoms. The zero-order valence-corrected chi connectivity index (χ0v) is 15.6. The molecule has 1 aromatic heterocycles. The SMILES string of the molecule is COc1ccc(CNc2nc(-c3ccc(Cl)cc3)c(CC(=O)O)s2)cc1. The molecule has 3 rings (SSSR count). The van der Waals surface area contributed by atoms with Crippen LogP contribution in [-0.2, 0) is 17.8 Å². The first-order valence-corrected chi connectivity index (χ1v) is 9.09. The summed E-state index contributed by atoms with van der Waals surface area (Å²) in [6.45, 7) is 0.587. The lowest BCUT2D eigenvalue weighted by molar-refractivity contribution is -0.136. The maximum Gasteiger partial charge on any atom is 0.308 e. The van der Waals surface area contributed by atoms with Crippen LogP contribution in [0.15, 0.2) is 48.5 Å². The molecule has 0 radical (unpaired) electrons. The lowest BCUT2D eigenvalue weighted by atomic mass is 10.1. The second-order valence-electron chi connectivity index (χ2n) is 5.57. The number of benzene rings is 2. The van der Waals surface area contributed by atoms with Gasteiger partial charge in [0, 0.05) is 22.0 Å². The number of anilines is 1. The van der Waals surface area contributed by atoms with Gasteiger partial charge in [0.05, 0.1) is 19.2 Å². The van der Waals surface area contributed by atoms with Gasteiger partial charge < -0.3 is 15.2 Å². The molecule has 0 atom stereocenters. The molecule has 0 aliphatic heterocycles. The molecule has 7 heteroatoms. The van der Waals surface area contributed by atoms with Crippen molar-refractivity contribution in [2.24, 2.45) is 0 Å². The minimum absolute atomic E-state index is 0.0696. The number of aliphatic carboxylic acids is 1. The molecule has 134 valence electrons. The average molecular weight is 389 g/mol. The van der Waals surface area contributed by atoms with Crippen molar-refractivity contribution in [1.29, 1.82) is 0 Å². The van der Waals surface area contributed by atoms with Crippen LogP contribution in [0.25, 0.3) is 11.3 Å². The quantitative estimate of drug-likeness (QED) is 0.613. The number of hydrogen-bond donors (Lipinski definition) is 2. The minimum Gasteiger partial charge on any atom is -0.497 e. The van der Waals surface area contributed by atoms with Crippen LogP contribution in [0.4, 0.5) is 5.13 Å². The van der Waals surface area contributed by atoms with E-state index >= 15 is 0 Å². The first-order valence-electron chi connectivity index (χ1n) is 7.89. The van der Waals surface area contributed by atoms with E-state index in [1.807, 2.05) is 36.4 Å². The van der Waals surface area contributed by atoms with Crippen molar-refractivity contribution >= 4 is 34.0 Å². The van der Waals surface area contributed by atoms with E-state index in [4.69, 9.17) is 16.3 Å². The van der Waals surface area contributed by atoms with Crippen LogP contribution in [0.3, 0.4) is 0 Å². The molecule has 0 saturated carbocycles. The van der Waals surface area contributed by atoms with Crippen LogP contribution in [0.1, 0.15) is 10.4 Å². The van der Waals surface area contributed by atoms with Crippen molar-refractivity contribution in [3.63, 3.8) is 0 Å². The minimum atomic E-state index is -0.884. The summed E-state index contributed by atoms with van der Waals surface area (Å²) in [7, 11) is 1.63. The summed E-state index contributed by atoms with van der Waals surface area (Å²) in [4.78, 5) is 16.5. The Labute approximate surface area is 160 Å². The molecule has 0 fully saturated rings. The van der Waals surface area contributed by atoms with Gasteiger partial charge in [0.15, 0.2) is 5.13 Å². The van der Waals surface area contributed by atoms with Crippen molar-refractivity contribution in [2.75, 3.05) is 12.4 Å². The van der Waals surface area contributed by atoms with E-state index in [2.05, 4.69) is 10.3 Å². The molecule has 0 aliphatic carbocycles. The van der Waals surface area contributed by atoms with Gasteiger partial charge >= 0.3 is 5.97 Å². The number of nitrogens with zero attached hydrogens (tertiary/aromatic N) is 1. The van der Waals surface area contributed by atoms with E-state index < -0.39 is 5.97 Å². The molecule has 5 nitrogen and oxygen atoms in total. The largest absolute Gasteiger partial charge is 0.497 e. The fourth-order valence-corrected chi connectivity index (χ4v) is 3.54. The number of carbonyl (C=O) groups is 1. The predicted octanol–water partition coefficient (Wildman–Crippen LogP) is 4.71. The zero-order valence-electron chi connectivity index (χ0n) is 14.0. The van der Waals surface area contributed by atoms with Gasteiger partial charge in [-0.25, -0.2) is 4.98 Å². The molecule has 0 aliphatic rings. The summed E-state index contributed by atoms with van der Waals surface area (Å²) in [5.74, 6) is -0.0812. The fraction of sp³-hybridized carbons (Fsp3) is 0.158. The smallest absolute Gasteiger partial charge is 0.308 e. The van der Waals surface area contributed by atoms with Crippen molar-refractivity contribution in [3.05, 3.63) is 64.0 Å². The van der Waals surface area contributed by atoms with E-state index in [1.165, 1.54) is 11.3 Å². The first kappa shape index (κ1) is 18.2. The van der Waals surface area contributed by atoms with Gasteiger partial charge in [-0.05, 0) is 29.8 Å². The lowest BCUT2D eigenvalue weighted by Crippen LogP contribution is -1.99. The van der Waals surface area contributed by atoms with Crippen molar-refractivity contribution in [3.8, 4) is 17.0 Å². The Hall–Kier alpha value is -2.57. The predicted molar refractivity (Wildman–Crippen MR) is 104 cm³/mol. The van der Waals surface area contributed by atoms with Crippen LogP contribution in [0.2, 0.25) is 5.02 Å². The Morgan fingerprint density at radius 1 is 1.19 bits per heavy atom. The van der Waals surface area contributed by atoms with Gasteiger partial charge in [0.1, 0.15) is 5.75 Å². The monoisotopic (exact) mass is 388 g/mol.